The fraction of sp³-hybridized carbons (Fsp3) is 0.385. The topological polar surface area (TPSA) is 56.7 Å². The third-order valence-electron chi connectivity index (χ3n) is 3.08. The van der Waals surface area contributed by atoms with E-state index in [1.165, 1.54) is 0 Å². The molecule has 2 atom stereocenters. The second kappa shape index (κ2) is 4.67. The minimum absolute atomic E-state index is 0.0165. The van der Waals surface area contributed by atoms with Crippen LogP contribution in [0.3, 0.4) is 0 Å². The molecule has 0 spiro atoms. The van der Waals surface area contributed by atoms with Crippen LogP contribution in [0.5, 0.6) is 0 Å². The van der Waals surface area contributed by atoms with E-state index in [9.17, 15) is 0 Å². The molecule has 0 aromatic carbocycles. The highest BCUT2D eigenvalue weighted by molar-refractivity contribution is 5.18. The first kappa shape index (κ1) is 11.8. The molecule has 0 amide bonds. The molecule has 2 aromatic rings. The molecule has 2 N–H and O–H groups in total. The van der Waals surface area contributed by atoms with Crippen molar-refractivity contribution in [3.8, 4) is 0 Å². The molecule has 2 rings (SSSR count). The lowest BCUT2D eigenvalue weighted by atomic mass is 10.1. The van der Waals surface area contributed by atoms with E-state index in [-0.39, 0.29) is 12.1 Å². The van der Waals surface area contributed by atoms with Crippen molar-refractivity contribution in [2.45, 2.75) is 32.9 Å². The van der Waals surface area contributed by atoms with E-state index < -0.39 is 0 Å². The van der Waals surface area contributed by atoms with E-state index in [1.807, 2.05) is 38.4 Å². The van der Waals surface area contributed by atoms with Crippen LogP contribution < -0.4 is 5.73 Å². The van der Waals surface area contributed by atoms with Gasteiger partial charge in [-0.15, -0.1) is 0 Å². The zero-order valence-electron chi connectivity index (χ0n) is 10.5. The molecule has 0 saturated heterocycles. The van der Waals surface area contributed by atoms with Crippen molar-refractivity contribution in [1.29, 1.82) is 0 Å². The summed E-state index contributed by atoms with van der Waals surface area (Å²) >= 11 is 0. The summed E-state index contributed by atoms with van der Waals surface area (Å²) in [4.78, 5) is 8.72. The molecule has 17 heavy (non-hydrogen) atoms. The number of hydrogen-bond donors (Lipinski definition) is 1. The molecule has 4 nitrogen and oxygen atoms in total. The fourth-order valence-corrected chi connectivity index (χ4v) is 2.01. The van der Waals surface area contributed by atoms with Crippen LogP contribution in [0, 0.1) is 13.8 Å². The third-order valence-corrected chi connectivity index (χ3v) is 3.08. The van der Waals surface area contributed by atoms with Gasteiger partial charge in [-0.2, -0.15) is 0 Å². The zero-order valence-corrected chi connectivity index (χ0v) is 10.5. The van der Waals surface area contributed by atoms with Crippen molar-refractivity contribution in [2.24, 2.45) is 5.73 Å². The maximum absolute atomic E-state index is 6.09. The summed E-state index contributed by atoms with van der Waals surface area (Å²) in [6, 6.07) is 5.92. The second-order valence-corrected chi connectivity index (χ2v) is 4.38. The minimum atomic E-state index is -0.0165. The van der Waals surface area contributed by atoms with Gasteiger partial charge in [0.2, 0.25) is 0 Å². The van der Waals surface area contributed by atoms with E-state index in [4.69, 9.17) is 5.73 Å². The van der Waals surface area contributed by atoms with Crippen LogP contribution in [0.2, 0.25) is 0 Å². The molecule has 0 fully saturated rings. The Morgan fingerprint density at radius 3 is 2.47 bits per heavy atom. The Bertz CT molecular complexity index is 487. The predicted molar refractivity (Wildman–Crippen MR) is 67.7 cm³/mol. The average molecular weight is 230 g/mol. The monoisotopic (exact) mass is 230 g/mol. The van der Waals surface area contributed by atoms with Crippen LogP contribution in [0.1, 0.15) is 30.0 Å². The van der Waals surface area contributed by atoms with Gasteiger partial charge in [0.1, 0.15) is 0 Å². The summed E-state index contributed by atoms with van der Waals surface area (Å²) in [5.74, 6) is 0. The van der Waals surface area contributed by atoms with Gasteiger partial charge in [-0.1, -0.05) is 6.07 Å². The first-order chi connectivity index (χ1) is 8.11. The highest BCUT2D eigenvalue weighted by Gasteiger charge is 2.21. The van der Waals surface area contributed by atoms with Crippen molar-refractivity contribution >= 4 is 0 Å². The molecule has 0 aliphatic rings. The van der Waals surface area contributed by atoms with Gasteiger partial charge in [-0.3, -0.25) is 4.98 Å². The number of hydrogen-bond acceptors (Lipinski definition) is 3. The van der Waals surface area contributed by atoms with Crippen molar-refractivity contribution < 1.29 is 0 Å². The van der Waals surface area contributed by atoms with Crippen LogP contribution >= 0.6 is 0 Å². The summed E-state index contributed by atoms with van der Waals surface area (Å²) < 4.78 is 2.10. The van der Waals surface area contributed by atoms with Gasteiger partial charge in [0.15, 0.2) is 0 Å². The van der Waals surface area contributed by atoms with E-state index in [0.717, 1.165) is 17.1 Å². The smallest absolute Gasteiger partial charge is 0.0958 e. The van der Waals surface area contributed by atoms with Crippen LogP contribution in [-0.2, 0) is 0 Å². The molecule has 0 saturated carbocycles. The lowest BCUT2D eigenvalue weighted by Crippen LogP contribution is -2.31. The van der Waals surface area contributed by atoms with Gasteiger partial charge >= 0.3 is 0 Å². The van der Waals surface area contributed by atoms with Gasteiger partial charge in [-0.25, -0.2) is 4.98 Å². The molecule has 2 aromatic heterocycles. The maximum Gasteiger partial charge on any atom is 0.0958 e. The number of nitrogens with two attached hydrogens (primary N) is 1. The average Bonchev–Trinajstić information content (AvgIpc) is 2.63. The van der Waals surface area contributed by atoms with Gasteiger partial charge in [0, 0.05) is 17.9 Å². The van der Waals surface area contributed by atoms with Gasteiger partial charge in [0.25, 0.3) is 0 Å². The SMILES string of the molecule is Cc1ncn(C(c2ccccn2)C(C)N)c1C. The summed E-state index contributed by atoms with van der Waals surface area (Å²) in [6.45, 7) is 6.05. The number of aryl methyl sites for hydroxylation is 1. The first-order valence-electron chi connectivity index (χ1n) is 5.77. The quantitative estimate of drug-likeness (QED) is 0.875. The molecule has 0 aliphatic carbocycles. The van der Waals surface area contributed by atoms with Crippen LogP contribution in [0.4, 0.5) is 0 Å². The third kappa shape index (κ3) is 2.22. The molecule has 0 bridgehead atoms. The Morgan fingerprint density at radius 1 is 1.24 bits per heavy atom. The number of aromatic nitrogens is 3. The molecular formula is C13H18N4. The van der Waals surface area contributed by atoms with Crippen LogP contribution in [-0.4, -0.2) is 20.6 Å². The number of imidazole rings is 1. The van der Waals surface area contributed by atoms with E-state index in [2.05, 4.69) is 21.5 Å². The number of rotatable bonds is 3. The van der Waals surface area contributed by atoms with Crippen molar-refractivity contribution in [2.75, 3.05) is 0 Å². The van der Waals surface area contributed by atoms with E-state index in [1.54, 1.807) is 6.20 Å². The molecule has 90 valence electrons. The van der Waals surface area contributed by atoms with Crippen molar-refractivity contribution in [3.63, 3.8) is 0 Å². The number of nitrogens with zero attached hydrogens (tertiary/aromatic N) is 3. The van der Waals surface area contributed by atoms with Crippen molar-refractivity contribution in [1.82, 2.24) is 14.5 Å². The van der Waals surface area contributed by atoms with E-state index in [0.29, 0.717) is 0 Å². The highest BCUT2D eigenvalue weighted by atomic mass is 15.1. The molecule has 4 heteroatoms. The Morgan fingerprint density at radius 2 is 2.00 bits per heavy atom. The fourth-order valence-electron chi connectivity index (χ4n) is 2.01. The standard InChI is InChI=1S/C13H18N4/c1-9(14)13(12-6-4-5-7-15-12)17-8-16-10(2)11(17)3/h4-9,13H,14H2,1-3H3. The Balaban J connectivity index is 2.47. The van der Waals surface area contributed by atoms with Crippen LogP contribution in [0.25, 0.3) is 0 Å². The summed E-state index contributed by atoms with van der Waals surface area (Å²) in [5, 5.41) is 0. The second-order valence-electron chi connectivity index (χ2n) is 4.38. The summed E-state index contributed by atoms with van der Waals surface area (Å²) in [7, 11) is 0. The number of pyridine rings is 1. The highest BCUT2D eigenvalue weighted by Crippen LogP contribution is 2.21. The zero-order chi connectivity index (χ0) is 12.4. The van der Waals surface area contributed by atoms with Crippen molar-refractivity contribution in [3.05, 3.63) is 47.8 Å². The molecule has 0 aliphatic heterocycles. The minimum Gasteiger partial charge on any atom is -0.326 e. The Kier molecular flexibility index (Phi) is 3.24. The maximum atomic E-state index is 6.09. The summed E-state index contributed by atoms with van der Waals surface area (Å²) in [5.41, 5.74) is 9.24. The molecule has 2 heterocycles. The van der Waals surface area contributed by atoms with Gasteiger partial charge in [0.05, 0.1) is 23.8 Å². The Hall–Kier alpha value is -1.68. The lowest BCUT2D eigenvalue weighted by Gasteiger charge is -2.23. The normalized spacial score (nSPS) is 14.6. The summed E-state index contributed by atoms with van der Waals surface area (Å²) in [6.07, 6.45) is 3.64. The van der Waals surface area contributed by atoms with Gasteiger partial charge in [-0.05, 0) is 32.9 Å². The van der Waals surface area contributed by atoms with Gasteiger partial charge < -0.3 is 10.3 Å². The largest absolute Gasteiger partial charge is 0.326 e. The van der Waals surface area contributed by atoms with E-state index >= 15 is 0 Å². The Labute approximate surface area is 102 Å². The van der Waals surface area contributed by atoms with Crippen LogP contribution in [0.15, 0.2) is 30.7 Å². The molecular weight excluding hydrogens is 212 g/mol. The molecule has 0 radical (unpaired) electrons. The lowest BCUT2D eigenvalue weighted by molar-refractivity contribution is 0.477. The predicted octanol–water partition coefficient (Wildman–Crippen LogP) is 1.83. The first-order valence-corrected chi connectivity index (χ1v) is 5.77. The molecule has 2 unspecified atom stereocenters.